The highest BCUT2D eigenvalue weighted by Gasteiger charge is 2.06. The monoisotopic (exact) mass is 237 g/mol. The topological polar surface area (TPSA) is 30.5 Å². The third-order valence-corrected chi connectivity index (χ3v) is 2.78. The zero-order chi connectivity index (χ0) is 12.7. The van der Waals surface area contributed by atoms with Crippen molar-refractivity contribution in [2.45, 2.75) is 26.8 Å². The first-order chi connectivity index (χ1) is 8.13. The molecule has 0 radical (unpaired) electrons. The molecule has 0 spiro atoms. The molecule has 1 aromatic rings. The fourth-order valence-corrected chi connectivity index (χ4v) is 1.35. The second-order valence-corrected chi connectivity index (χ2v) is 4.55. The molecule has 0 aliphatic rings. The SMILES string of the molecule is COCCOc1cccc(NC(C)C(C)C)c1. The van der Waals surface area contributed by atoms with Crippen LogP contribution in [0, 0.1) is 5.92 Å². The lowest BCUT2D eigenvalue weighted by Crippen LogP contribution is -2.21. The Labute approximate surface area is 104 Å². The summed E-state index contributed by atoms with van der Waals surface area (Å²) in [6, 6.07) is 8.49. The fourth-order valence-electron chi connectivity index (χ4n) is 1.35. The van der Waals surface area contributed by atoms with E-state index in [9.17, 15) is 0 Å². The number of methoxy groups -OCH3 is 1. The van der Waals surface area contributed by atoms with E-state index in [0.29, 0.717) is 25.2 Å². The highest BCUT2D eigenvalue weighted by Crippen LogP contribution is 2.19. The van der Waals surface area contributed by atoms with Gasteiger partial charge in [0.2, 0.25) is 0 Å². The van der Waals surface area contributed by atoms with Gasteiger partial charge in [-0.1, -0.05) is 19.9 Å². The number of hydrogen-bond acceptors (Lipinski definition) is 3. The summed E-state index contributed by atoms with van der Waals surface area (Å²) in [5.74, 6) is 1.48. The molecule has 0 aliphatic carbocycles. The Balaban J connectivity index is 2.53. The Morgan fingerprint density at radius 2 is 1.94 bits per heavy atom. The summed E-state index contributed by atoms with van der Waals surface area (Å²) in [7, 11) is 1.67. The van der Waals surface area contributed by atoms with Crippen molar-refractivity contribution in [1.82, 2.24) is 0 Å². The van der Waals surface area contributed by atoms with Gasteiger partial charge in [-0.25, -0.2) is 0 Å². The third-order valence-electron chi connectivity index (χ3n) is 2.78. The first-order valence-corrected chi connectivity index (χ1v) is 6.12. The molecule has 1 rings (SSSR count). The highest BCUT2D eigenvalue weighted by atomic mass is 16.5. The molecule has 1 unspecified atom stereocenters. The average Bonchev–Trinajstić information content (AvgIpc) is 2.30. The van der Waals surface area contributed by atoms with Crippen LogP contribution >= 0.6 is 0 Å². The smallest absolute Gasteiger partial charge is 0.121 e. The van der Waals surface area contributed by atoms with Gasteiger partial charge < -0.3 is 14.8 Å². The number of hydrogen-bond donors (Lipinski definition) is 1. The summed E-state index contributed by atoms with van der Waals surface area (Å²) in [5.41, 5.74) is 1.10. The van der Waals surface area contributed by atoms with Gasteiger partial charge in [0.05, 0.1) is 6.61 Å². The molecule has 0 aliphatic heterocycles. The normalized spacial score (nSPS) is 12.5. The molecule has 96 valence electrons. The molecule has 1 aromatic carbocycles. The lowest BCUT2D eigenvalue weighted by Gasteiger charge is -2.19. The number of anilines is 1. The van der Waals surface area contributed by atoms with Gasteiger partial charge in [-0.15, -0.1) is 0 Å². The first kappa shape index (κ1) is 13.8. The Morgan fingerprint density at radius 3 is 2.59 bits per heavy atom. The van der Waals surface area contributed by atoms with Crippen LogP contribution in [0.25, 0.3) is 0 Å². The molecule has 3 heteroatoms. The van der Waals surface area contributed by atoms with Crippen LogP contribution in [0.15, 0.2) is 24.3 Å². The van der Waals surface area contributed by atoms with E-state index in [2.05, 4.69) is 32.2 Å². The Hall–Kier alpha value is -1.22. The summed E-state index contributed by atoms with van der Waals surface area (Å²) in [6.45, 7) is 7.79. The van der Waals surface area contributed by atoms with Crippen molar-refractivity contribution in [2.24, 2.45) is 5.92 Å². The van der Waals surface area contributed by atoms with Gasteiger partial charge >= 0.3 is 0 Å². The number of ether oxygens (including phenoxy) is 2. The molecule has 0 saturated heterocycles. The number of nitrogens with one attached hydrogen (secondary N) is 1. The molecule has 0 heterocycles. The maximum atomic E-state index is 5.56. The minimum atomic E-state index is 0.448. The van der Waals surface area contributed by atoms with Crippen LogP contribution < -0.4 is 10.1 Å². The van der Waals surface area contributed by atoms with Crippen LogP contribution in [0.1, 0.15) is 20.8 Å². The summed E-state index contributed by atoms with van der Waals surface area (Å²) >= 11 is 0. The van der Waals surface area contributed by atoms with Crippen LogP contribution in [0.3, 0.4) is 0 Å². The molecule has 0 saturated carbocycles. The molecule has 1 N–H and O–H groups in total. The lowest BCUT2D eigenvalue weighted by molar-refractivity contribution is 0.146. The average molecular weight is 237 g/mol. The molecular weight excluding hydrogens is 214 g/mol. The summed E-state index contributed by atoms with van der Waals surface area (Å²) in [5, 5.41) is 3.46. The van der Waals surface area contributed by atoms with Crippen molar-refractivity contribution < 1.29 is 9.47 Å². The van der Waals surface area contributed by atoms with E-state index in [4.69, 9.17) is 9.47 Å². The van der Waals surface area contributed by atoms with Crippen LogP contribution in [0.5, 0.6) is 5.75 Å². The van der Waals surface area contributed by atoms with Crippen molar-refractivity contribution >= 4 is 5.69 Å². The maximum Gasteiger partial charge on any atom is 0.121 e. The van der Waals surface area contributed by atoms with Crippen LogP contribution in [-0.2, 0) is 4.74 Å². The van der Waals surface area contributed by atoms with Crippen molar-refractivity contribution in [3.63, 3.8) is 0 Å². The van der Waals surface area contributed by atoms with Gasteiger partial charge in [0, 0.05) is 24.9 Å². The fraction of sp³-hybridized carbons (Fsp3) is 0.571. The number of benzene rings is 1. The van der Waals surface area contributed by atoms with Gasteiger partial charge in [0.1, 0.15) is 12.4 Å². The molecule has 0 aromatic heterocycles. The lowest BCUT2D eigenvalue weighted by atomic mass is 10.1. The van der Waals surface area contributed by atoms with Gasteiger partial charge in [0.15, 0.2) is 0 Å². The van der Waals surface area contributed by atoms with Crippen LogP contribution in [-0.4, -0.2) is 26.4 Å². The predicted octanol–water partition coefficient (Wildman–Crippen LogP) is 3.17. The van der Waals surface area contributed by atoms with E-state index < -0.39 is 0 Å². The molecule has 0 bridgehead atoms. The van der Waals surface area contributed by atoms with Crippen molar-refractivity contribution in [3.05, 3.63) is 24.3 Å². The Bertz CT molecular complexity index is 326. The molecular formula is C14H23NO2. The quantitative estimate of drug-likeness (QED) is 0.739. The van der Waals surface area contributed by atoms with Gasteiger partial charge in [0.25, 0.3) is 0 Å². The van der Waals surface area contributed by atoms with E-state index in [-0.39, 0.29) is 0 Å². The maximum absolute atomic E-state index is 5.56. The summed E-state index contributed by atoms with van der Waals surface area (Å²) < 4.78 is 10.5. The van der Waals surface area contributed by atoms with Crippen molar-refractivity contribution in [1.29, 1.82) is 0 Å². The predicted molar refractivity (Wildman–Crippen MR) is 71.7 cm³/mol. The van der Waals surface area contributed by atoms with Gasteiger partial charge in [-0.05, 0) is 25.0 Å². The van der Waals surface area contributed by atoms with Crippen molar-refractivity contribution in [2.75, 3.05) is 25.6 Å². The summed E-state index contributed by atoms with van der Waals surface area (Å²) in [6.07, 6.45) is 0. The van der Waals surface area contributed by atoms with Crippen LogP contribution in [0.4, 0.5) is 5.69 Å². The Morgan fingerprint density at radius 1 is 1.18 bits per heavy atom. The van der Waals surface area contributed by atoms with E-state index in [1.54, 1.807) is 7.11 Å². The summed E-state index contributed by atoms with van der Waals surface area (Å²) in [4.78, 5) is 0. The van der Waals surface area contributed by atoms with Crippen LogP contribution in [0.2, 0.25) is 0 Å². The Kier molecular flexibility index (Phi) is 5.84. The zero-order valence-electron chi connectivity index (χ0n) is 11.2. The van der Waals surface area contributed by atoms with Crippen molar-refractivity contribution in [3.8, 4) is 5.75 Å². The van der Waals surface area contributed by atoms with E-state index in [0.717, 1.165) is 11.4 Å². The molecule has 3 nitrogen and oxygen atoms in total. The van der Waals surface area contributed by atoms with Gasteiger partial charge in [-0.3, -0.25) is 0 Å². The largest absolute Gasteiger partial charge is 0.491 e. The highest BCUT2D eigenvalue weighted by molar-refractivity contribution is 5.48. The molecule has 17 heavy (non-hydrogen) atoms. The second kappa shape index (κ2) is 7.17. The molecule has 1 atom stereocenters. The first-order valence-electron chi connectivity index (χ1n) is 6.12. The number of rotatable bonds is 7. The van der Waals surface area contributed by atoms with Gasteiger partial charge in [-0.2, -0.15) is 0 Å². The van der Waals surface area contributed by atoms with E-state index in [1.807, 2.05) is 18.2 Å². The minimum absolute atomic E-state index is 0.448. The molecule has 0 fully saturated rings. The van der Waals surface area contributed by atoms with E-state index >= 15 is 0 Å². The minimum Gasteiger partial charge on any atom is -0.491 e. The second-order valence-electron chi connectivity index (χ2n) is 4.55. The standard InChI is InChI=1S/C14H23NO2/c1-11(2)12(3)15-13-6-5-7-14(10-13)17-9-8-16-4/h5-7,10-12,15H,8-9H2,1-4H3. The van der Waals surface area contributed by atoms with E-state index in [1.165, 1.54) is 0 Å². The third kappa shape index (κ3) is 5.09. The zero-order valence-corrected chi connectivity index (χ0v) is 11.2. The molecule has 0 amide bonds.